The molecule has 1 fully saturated rings. The fraction of sp³-hybridized carbons (Fsp3) is 0.500. The molecule has 17 heteroatoms. The third-order valence-corrected chi connectivity index (χ3v) is 7.70. The third kappa shape index (κ3) is 5.26. The van der Waals surface area contributed by atoms with Gasteiger partial charge in [0.25, 0.3) is 0 Å². The highest BCUT2D eigenvalue weighted by molar-refractivity contribution is 7.93. The van der Waals surface area contributed by atoms with E-state index in [2.05, 4.69) is 34.9 Å². The maximum absolute atomic E-state index is 13.7. The molecule has 0 saturated heterocycles. The van der Waals surface area contributed by atoms with E-state index >= 15 is 0 Å². The van der Waals surface area contributed by atoms with Crippen molar-refractivity contribution in [3.05, 3.63) is 35.4 Å². The zero-order chi connectivity index (χ0) is 27.0. The van der Waals surface area contributed by atoms with Gasteiger partial charge in [0.05, 0.1) is 19.2 Å². The van der Waals surface area contributed by atoms with Crippen molar-refractivity contribution in [2.24, 2.45) is 0 Å². The molecule has 3 heterocycles. The zero-order valence-corrected chi connectivity index (χ0v) is 21.7. The molecule has 1 N–H and O–H groups in total. The van der Waals surface area contributed by atoms with Gasteiger partial charge in [-0.05, 0) is 6.92 Å². The molecule has 0 bridgehead atoms. The molecule has 37 heavy (non-hydrogen) atoms. The van der Waals surface area contributed by atoms with Gasteiger partial charge in [0.15, 0.2) is 11.5 Å². The number of hydrogen-bond acceptors (Lipinski definition) is 11. The minimum Gasteiger partial charge on any atom is -0.479 e. The van der Waals surface area contributed by atoms with Crippen LogP contribution in [-0.2, 0) is 14.8 Å². The second-order valence-electron chi connectivity index (χ2n) is 8.19. The van der Waals surface area contributed by atoms with Gasteiger partial charge in [-0.15, -0.1) is 10.2 Å². The van der Waals surface area contributed by atoms with E-state index in [0.717, 1.165) is 0 Å². The minimum absolute atomic E-state index is 0.0168. The summed E-state index contributed by atoms with van der Waals surface area (Å²) < 4.78 is 73.9. The second kappa shape index (κ2) is 10.3. The highest BCUT2D eigenvalue weighted by Gasteiger charge is 2.49. The highest BCUT2D eigenvalue weighted by Crippen LogP contribution is 2.49. The van der Waals surface area contributed by atoms with E-state index in [9.17, 15) is 17.2 Å². The van der Waals surface area contributed by atoms with E-state index < -0.39 is 46.1 Å². The molecule has 1 aliphatic carbocycles. The molecule has 3 aromatic rings. The number of hydrogen-bond donors (Lipinski definition) is 1. The Hall–Kier alpha value is -3.24. The summed E-state index contributed by atoms with van der Waals surface area (Å²) in [6, 6.07) is 0. The molecule has 2 unspecified atom stereocenters. The Morgan fingerprint density at radius 3 is 2.19 bits per heavy atom. The van der Waals surface area contributed by atoms with Crippen molar-refractivity contribution in [2.75, 3.05) is 26.1 Å². The number of alkyl halides is 2. The lowest BCUT2D eigenvalue weighted by Gasteiger charge is -2.34. The summed E-state index contributed by atoms with van der Waals surface area (Å²) in [4.78, 5) is 16.2. The first kappa shape index (κ1) is 26.8. The van der Waals surface area contributed by atoms with Gasteiger partial charge >= 0.3 is 0 Å². The quantitative estimate of drug-likeness (QED) is 0.388. The molecule has 3 aromatic heterocycles. The van der Waals surface area contributed by atoms with Gasteiger partial charge < -0.3 is 14.2 Å². The Labute approximate surface area is 215 Å². The van der Waals surface area contributed by atoms with Crippen LogP contribution in [0.2, 0.25) is 5.02 Å². The van der Waals surface area contributed by atoms with E-state index in [4.69, 9.17) is 25.8 Å². The van der Waals surface area contributed by atoms with Crippen LogP contribution < -0.4 is 14.2 Å². The summed E-state index contributed by atoms with van der Waals surface area (Å²) in [6.45, 7) is 1.38. The molecule has 200 valence electrons. The molecular formula is C20H23ClF2N8O5S. The molecule has 0 amide bonds. The van der Waals surface area contributed by atoms with Crippen LogP contribution in [0.25, 0.3) is 5.69 Å². The van der Waals surface area contributed by atoms with Crippen LogP contribution in [-0.4, -0.2) is 75.6 Å². The van der Waals surface area contributed by atoms with Crippen molar-refractivity contribution < 1.29 is 31.4 Å². The lowest BCUT2D eigenvalue weighted by Crippen LogP contribution is -2.36. The van der Waals surface area contributed by atoms with Crippen molar-refractivity contribution in [1.29, 1.82) is 0 Å². The highest BCUT2D eigenvalue weighted by atomic mass is 35.5. The number of sulfonamides is 1. The Bertz CT molecular complexity index is 1350. The van der Waals surface area contributed by atoms with Gasteiger partial charge in [-0.3, -0.25) is 9.29 Å². The van der Waals surface area contributed by atoms with E-state index in [0.29, 0.717) is 0 Å². The summed E-state index contributed by atoms with van der Waals surface area (Å²) in [5.74, 6) is -3.79. The Morgan fingerprint density at radius 2 is 1.68 bits per heavy atom. The first-order chi connectivity index (χ1) is 17.5. The summed E-state index contributed by atoms with van der Waals surface area (Å²) >= 11 is 5.83. The second-order valence-corrected chi connectivity index (χ2v) is 10.7. The van der Waals surface area contributed by atoms with E-state index in [1.807, 2.05) is 0 Å². The number of anilines is 1. The predicted molar refractivity (Wildman–Crippen MR) is 126 cm³/mol. The minimum atomic E-state index is -4.26. The molecule has 2 atom stereocenters. The Morgan fingerprint density at radius 1 is 1.08 bits per heavy atom. The number of rotatable bonds is 10. The van der Waals surface area contributed by atoms with Gasteiger partial charge in [0, 0.05) is 38.3 Å². The van der Waals surface area contributed by atoms with Gasteiger partial charge in [0.1, 0.15) is 23.5 Å². The average molecular weight is 561 g/mol. The molecule has 1 saturated carbocycles. The normalized spacial score (nSPS) is 17.1. The molecule has 0 spiro atoms. The number of aromatic nitrogens is 7. The third-order valence-electron chi connectivity index (χ3n) is 5.81. The van der Waals surface area contributed by atoms with E-state index in [-0.39, 0.29) is 40.1 Å². The van der Waals surface area contributed by atoms with Crippen molar-refractivity contribution in [3.63, 3.8) is 0 Å². The summed E-state index contributed by atoms with van der Waals surface area (Å²) in [6.07, 6.45) is 1.73. The number of nitrogens with one attached hydrogen (secondary N) is 1. The van der Waals surface area contributed by atoms with Gasteiger partial charge in [-0.25, -0.2) is 27.2 Å². The number of methoxy groups -OCH3 is 3. The van der Waals surface area contributed by atoms with Crippen LogP contribution in [0.15, 0.2) is 18.7 Å². The summed E-state index contributed by atoms with van der Waals surface area (Å²) in [5.41, 5.74) is 0.0393. The Kier molecular flexibility index (Phi) is 7.43. The van der Waals surface area contributed by atoms with Crippen LogP contribution in [0.4, 0.5) is 14.7 Å². The number of halogens is 3. The molecule has 4 rings (SSSR count). The van der Waals surface area contributed by atoms with Crippen molar-refractivity contribution in [2.45, 2.75) is 43.0 Å². The molecule has 13 nitrogen and oxygen atoms in total. The largest absolute Gasteiger partial charge is 0.479 e. The molecule has 0 aromatic carbocycles. The van der Waals surface area contributed by atoms with Crippen LogP contribution in [0.5, 0.6) is 11.8 Å². The first-order valence-electron chi connectivity index (χ1n) is 10.8. The topological polar surface area (TPSA) is 156 Å². The van der Waals surface area contributed by atoms with Gasteiger partial charge in [0.2, 0.25) is 33.7 Å². The zero-order valence-electron chi connectivity index (χ0n) is 20.1. The average Bonchev–Trinajstić information content (AvgIpc) is 3.25. The smallest absolute Gasteiger partial charge is 0.249 e. The fourth-order valence-electron chi connectivity index (χ4n) is 3.89. The molecule has 0 radical (unpaired) electrons. The lowest BCUT2D eigenvalue weighted by molar-refractivity contribution is -0.0888. The van der Waals surface area contributed by atoms with E-state index in [1.165, 1.54) is 51.5 Å². The van der Waals surface area contributed by atoms with Gasteiger partial charge in [-0.2, -0.15) is 9.97 Å². The SMILES string of the molecule is COc1ncnc(OC)c1-n1c(NS(=O)(=O)C(C)C(OC)c2ncc(Cl)cn2)nnc1C1CC(F)(F)C1. The van der Waals surface area contributed by atoms with Crippen molar-refractivity contribution in [1.82, 2.24) is 34.7 Å². The molecule has 0 aliphatic heterocycles. The van der Waals surface area contributed by atoms with Crippen LogP contribution in [0.3, 0.4) is 0 Å². The van der Waals surface area contributed by atoms with Gasteiger partial charge in [-0.1, -0.05) is 11.6 Å². The summed E-state index contributed by atoms with van der Waals surface area (Å²) in [7, 11) is -0.295. The lowest BCUT2D eigenvalue weighted by atomic mass is 9.80. The number of nitrogens with zero attached hydrogens (tertiary/aromatic N) is 7. The predicted octanol–water partition coefficient (Wildman–Crippen LogP) is 2.55. The maximum atomic E-state index is 13.7. The van der Waals surface area contributed by atoms with Crippen LogP contribution >= 0.6 is 11.6 Å². The standard InChI is InChI=1S/C20H23ClF2N8O5S/c1-10(14(34-2)15-24-7-12(21)8-25-15)37(32,33)30-19-29-28-16(11-5-20(22,23)6-11)31(19)13-17(35-3)26-9-27-18(13)36-4/h7-11,14H,5-6H2,1-4H3,(H,29,30). The van der Waals surface area contributed by atoms with E-state index in [1.54, 1.807) is 0 Å². The molecule has 1 aliphatic rings. The van der Waals surface area contributed by atoms with Crippen molar-refractivity contribution in [3.8, 4) is 17.4 Å². The summed E-state index contributed by atoms with van der Waals surface area (Å²) in [5, 5.41) is 7.00. The van der Waals surface area contributed by atoms with Crippen LogP contribution in [0, 0.1) is 0 Å². The van der Waals surface area contributed by atoms with Crippen LogP contribution in [0.1, 0.15) is 43.4 Å². The Balaban J connectivity index is 1.77. The monoisotopic (exact) mass is 560 g/mol. The number of ether oxygens (including phenoxy) is 3. The maximum Gasteiger partial charge on any atom is 0.249 e. The van der Waals surface area contributed by atoms with Crippen molar-refractivity contribution >= 4 is 27.6 Å². The molecular weight excluding hydrogens is 538 g/mol. The fourth-order valence-corrected chi connectivity index (χ4v) is 5.12. The first-order valence-corrected chi connectivity index (χ1v) is 12.7.